The van der Waals surface area contributed by atoms with Gasteiger partial charge in [-0.15, -0.1) is 9.24 Å². The van der Waals surface area contributed by atoms with Crippen molar-refractivity contribution in [1.82, 2.24) is 0 Å². The lowest BCUT2D eigenvalue weighted by molar-refractivity contribution is 0.739. The van der Waals surface area contributed by atoms with Gasteiger partial charge in [-0.3, -0.25) is 0 Å². The molecule has 3 rings (SSSR count). The number of halogens is 1. The van der Waals surface area contributed by atoms with Crippen LogP contribution in [-0.4, -0.2) is 0 Å². The van der Waals surface area contributed by atoms with Gasteiger partial charge in [-0.05, 0) is 33.4 Å². The molecule has 0 saturated heterocycles. The molecule has 0 saturated carbocycles. The van der Waals surface area contributed by atoms with Crippen molar-refractivity contribution in [2.24, 2.45) is 0 Å². The molecule has 2 unspecified atom stereocenters. The van der Waals surface area contributed by atoms with E-state index in [1.54, 1.807) is 0 Å². The number of rotatable bonds is 7. The molecule has 0 heterocycles. The van der Waals surface area contributed by atoms with Gasteiger partial charge in [-0.1, -0.05) is 133 Å². The van der Waals surface area contributed by atoms with E-state index in [1.165, 1.54) is 16.7 Å². The summed E-state index contributed by atoms with van der Waals surface area (Å²) < 4.78 is 0.220. The van der Waals surface area contributed by atoms with Gasteiger partial charge in [-0.25, -0.2) is 0 Å². The molecule has 0 aliphatic carbocycles. The van der Waals surface area contributed by atoms with Crippen LogP contribution in [0.3, 0.4) is 0 Å². The average molecular weight is 494 g/mol. The first-order valence-electron chi connectivity index (χ1n) is 9.14. The van der Waals surface area contributed by atoms with Gasteiger partial charge in [0, 0.05) is 0 Å². The molecule has 3 aromatic rings. The van der Waals surface area contributed by atoms with Crippen molar-refractivity contribution in [3.63, 3.8) is 0 Å². The summed E-state index contributed by atoms with van der Waals surface area (Å²) in [6.07, 6.45) is 5.63. The molecule has 0 aliphatic heterocycles. The van der Waals surface area contributed by atoms with E-state index in [-0.39, 0.29) is 9.08 Å². The van der Waals surface area contributed by atoms with Crippen molar-refractivity contribution < 1.29 is 0 Å². The SMILES string of the molecule is C=Cc1ccc(C(I)C(P)(c2ccc(C=C)cc2)c2ccc(C=C)cc2)cc1. The first kappa shape index (κ1) is 20.8. The zero-order valence-corrected chi connectivity index (χ0v) is 19.1. The lowest BCUT2D eigenvalue weighted by Gasteiger charge is -2.36. The van der Waals surface area contributed by atoms with Crippen LogP contribution in [0.15, 0.2) is 92.5 Å². The van der Waals surface area contributed by atoms with Crippen LogP contribution in [-0.2, 0) is 5.16 Å². The Morgan fingerprint density at radius 2 is 0.964 bits per heavy atom. The third-order valence-electron chi connectivity index (χ3n) is 5.11. The molecule has 28 heavy (non-hydrogen) atoms. The Kier molecular flexibility index (Phi) is 6.69. The summed E-state index contributed by atoms with van der Waals surface area (Å²) in [5, 5.41) is -0.268. The van der Waals surface area contributed by atoms with Gasteiger partial charge in [0.15, 0.2) is 0 Å². The summed E-state index contributed by atoms with van der Waals surface area (Å²) in [6.45, 7) is 11.6. The van der Waals surface area contributed by atoms with Crippen molar-refractivity contribution in [1.29, 1.82) is 0 Å². The highest BCUT2D eigenvalue weighted by Gasteiger charge is 2.37. The van der Waals surface area contributed by atoms with Gasteiger partial charge in [0.05, 0.1) is 9.08 Å². The van der Waals surface area contributed by atoms with E-state index >= 15 is 0 Å². The third kappa shape index (κ3) is 4.06. The topological polar surface area (TPSA) is 0 Å². The fourth-order valence-corrected chi connectivity index (χ4v) is 5.02. The maximum Gasteiger partial charge on any atom is 0.0531 e. The number of benzene rings is 3. The second-order valence-corrected chi connectivity index (χ2v) is 8.91. The Labute approximate surface area is 184 Å². The average Bonchev–Trinajstić information content (AvgIpc) is 2.78. The summed E-state index contributed by atoms with van der Waals surface area (Å²) in [5.41, 5.74) is 7.16. The Bertz CT molecular complexity index is 915. The predicted molar refractivity (Wildman–Crippen MR) is 137 cm³/mol. The van der Waals surface area contributed by atoms with E-state index in [0.717, 1.165) is 16.7 Å². The summed E-state index contributed by atoms with van der Waals surface area (Å²) >= 11 is 2.57. The van der Waals surface area contributed by atoms with E-state index in [4.69, 9.17) is 0 Å². The molecule has 3 aromatic carbocycles. The van der Waals surface area contributed by atoms with Gasteiger partial charge in [0.25, 0.3) is 0 Å². The van der Waals surface area contributed by atoms with Crippen LogP contribution in [0.1, 0.15) is 37.3 Å². The minimum atomic E-state index is -0.268. The van der Waals surface area contributed by atoms with E-state index in [9.17, 15) is 0 Å². The Balaban J connectivity index is 2.14. The second-order valence-electron chi connectivity index (χ2n) is 6.75. The molecule has 0 bridgehead atoms. The Hall–Kier alpha value is -1.96. The smallest absolute Gasteiger partial charge is 0.0531 e. The molecular formula is C26H24IP. The summed E-state index contributed by atoms with van der Waals surface area (Å²) in [7, 11) is 3.14. The van der Waals surface area contributed by atoms with Gasteiger partial charge >= 0.3 is 0 Å². The minimum Gasteiger partial charge on any atom is -0.120 e. The monoisotopic (exact) mass is 494 g/mol. The highest BCUT2D eigenvalue weighted by atomic mass is 127. The maximum absolute atomic E-state index is 3.87. The number of hydrogen-bond acceptors (Lipinski definition) is 0. The van der Waals surface area contributed by atoms with E-state index in [0.29, 0.717) is 0 Å². The van der Waals surface area contributed by atoms with Gasteiger partial charge < -0.3 is 0 Å². The maximum atomic E-state index is 3.87. The minimum absolute atomic E-state index is 0.220. The molecule has 0 amide bonds. The first-order valence-corrected chi connectivity index (χ1v) is 11.0. The molecule has 0 aliphatic rings. The molecule has 0 nitrogen and oxygen atoms in total. The number of alkyl halides is 1. The third-order valence-corrected chi connectivity index (χ3v) is 8.49. The van der Waals surface area contributed by atoms with Crippen molar-refractivity contribution in [3.8, 4) is 0 Å². The van der Waals surface area contributed by atoms with Crippen LogP contribution in [0, 0.1) is 0 Å². The van der Waals surface area contributed by atoms with Gasteiger partial charge in [0.2, 0.25) is 0 Å². The number of hydrogen-bond donors (Lipinski definition) is 0. The van der Waals surface area contributed by atoms with E-state index < -0.39 is 0 Å². The molecule has 0 fully saturated rings. The molecule has 140 valence electrons. The fourth-order valence-electron chi connectivity index (χ4n) is 3.31. The summed E-state index contributed by atoms with van der Waals surface area (Å²) in [6, 6.07) is 26.0. The molecule has 2 heteroatoms. The zero-order valence-electron chi connectivity index (χ0n) is 15.8. The van der Waals surface area contributed by atoms with Crippen molar-refractivity contribution in [2.75, 3.05) is 0 Å². The first-order chi connectivity index (χ1) is 13.5. The molecule has 0 spiro atoms. The van der Waals surface area contributed by atoms with Crippen LogP contribution in [0.25, 0.3) is 18.2 Å². The highest BCUT2D eigenvalue weighted by Crippen LogP contribution is 2.53. The van der Waals surface area contributed by atoms with E-state index in [2.05, 4.69) is 124 Å². The van der Waals surface area contributed by atoms with Crippen LogP contribution < -0.4 is 0 Å². The molecule has 0 aromatic heterocycles. The normalized spacial score (nSPS) is 12.2. The quantitative estimate of drug-likeness (QED) is 0.178. The summed E-state index contributed by atoms with van der Waals surface area (Å²) in [4.78, 5) is 0. The largest absolute Gasteiger partial charge is 0.120 e. The molecular weight excluding hydrogens is 470 g/mol. The Morgan fingerprint density at radius 3 is 1.29 bits per heavy atom. The van der Waals surface area contributed by atoms with Crippen LogP contribution in [0.4, 0.5) is 0 Å². The lowest BCUT2D eigenvalue weighted by Crippen LogP contribution is -2.25. The Morgan fingerprint density at radius 1 is 0.643 bits per heavy atom. The van der Waals surface area contributed by atoms with Crippen LogP contribution in [0.2, 0.25) is 0 Å². The molecule has 0 radical (unpaired) electrons. The second kappa shape index (κ2) is 9.03. The van der Waals surface area contributed by atoms with Gasteiger partial charge in [-0.2, -0.15) is 0 Å². The van der Waals surface area contributed by atoms with Crippen molar-refractivity contribution in [3.05, 3.63) is 126 Å². The standard InChI is InChI=1S/C26H24IP/c1-4-19-7-13-22(14-8-19)25(27)26(28,23-15-9-20(5-2)10-16-23)24-17-11-21(6-3)12-18-24/h4-18,25H,1-3,28H2. The summed E-state index contributed by atoms with van der Waals surface area (Å²) in [5.74, 6) is 0. The van der Waals surface area contributed by atoms with Crippen molar-refractivity contribution >= 4 is 50.1 Å². The van der Waals surface area contributed by atoms with E-state index in [1.807, 2.05) is 18.2 Å². The van der Waals surface area contributed by atoms with Crippen LogP contribution >= 0.6 is 31.8 Å². The zero-order chi connectivity index (χ0) is 20.1. The fraction of sp³-hybridized carbons (Fsp3) is 0.0769. The van der Waals surface area contributed by atoms with Crippen molar-refractivity contribution in [2.45, 2.75) is 9.08 Å². The molecule has 0 N–H and O–H groups in total. The highest BCUT2D eigenvalue weighted by molar-refractivity contribution is 14.1. The lowest BCUT2D eigenvalue weighted by atomic mass is 9.84. The predicted octanol–water partition coefficient (Wildman–Crippen LogP) is 7.91. The molecule has 2 atom stereocenters. The van der Waals surface area contributed by atoms with Gasteiger partial charge in [0.1, 0.15) is 0 Å². The van der Waals surface area contributed by atoms with Crippen LogP contribution in [0.5, 0.6) is 0 Å².